The van der Waals surface area contributed by atoms with Gasteiger partial charge in [0, 0.05) is 86.2 Å². The second-order valence-electron chi connectivity index (χ2n) is 27.5. The van der Waals surface area contributed by atoms with Gasteiger partial charge in [-0.15, -0.1) is 0 Å². The van der Waals surface area contributed by atoms with Crippen molar-refractivity contribution in [2.75, 3.05) is 194 Å². The molecule has 0 spiro atoms. The molecule has 26 heteroatoms. The van der Waals surface area contributed by atoms with E-state index in [1.807, 2.05) is 134 Å². The van der Waals surface area contributed by atoms with Gasteiger partial charge in [0.25, 0.3) is 0 Å². The number of rotatable bonds is 35. The van der Waals surface area contributed by atoms with Crippen molar-refractivity contribution in [3.05, 3.63) is 126 Å². The molecule has 106 heavy (non-hydrogen) atoms. The average Bonchev–Trinajstić information content (AvgIpc) is 1.62. The lowest BCUT2D eigenvalue weighted by molar-refractivity contribution is -0.882. The third-order valence-electron chi connectivity index (χ3n) is 17.8. The number of amides is 2. The number of fused-ring (bicyclic) bond motifs is 2. The molecule has 0 aliphatic carbocycles. The number of aliphatic hydroxyl groups excluding tert-OH is 1. The van der Waals surface area contributed by atoms with Gasteiger partial charge in [0.15, 0.2) is 5.82 Å². The van der Waals surface area contributed by atoms with Crippen molar-refractivity contribution in [3.8, 4) is 11.4 Å². The number of imidazole rings is 1. The van der Waals surface area contributed by atoms with Crippen LogP contribution >= 0.6 is 0 Å². The second-order valence-corrected chi connectivity index (χ2v) is 27.5. The van der Waals surface area contributed by atoms with Crippen LogP contribution in [-0.2, 0) is 72.7 Å². The Balaban J connectivity index is 0.000000271. The number of hydrogen-bond acceptors (Lipinski definition) is 22. The summed E-state index contributed by atoms with van der Waals surface area (Å²) >= 11 is 0. The van der Waals surface area contributed by atoms with E-state index >= 15 is 0 Å². The van der Waals surface area contributed by atoms with E-state index in [9.17, 15) is 24.7 Å². The van der Waals surface area contributed by atoms with Crippen molar-refractivity contribution in [1.82, 2.24) is 24.3 Å². The van der Waals surface area contributed by atoms with E-state index in [2.05, 4.69) is 57.3 Å². The fourth-order valence-corrected chi connectivity index (χ4v) is 10.3. The Kier molecular flexibility index (Phi) is 45.5. The highest BCUT2D eigenvalue weighted by Crippen LogP contribution is 2.30. The number of carbonyl (C=O) groups is 3. The van der Waals surface area contributed by atoms with Crippen LogP contribution in [0.15, 0.2) is 114 Å². The maximum absolute atomic E-state index is 12.8. The zero-order valence-corrected chi connectivity index (χ0v) is 65.9. The SMILES string of the molecule is CCC(C)(C)OC(=O)N1CCC(O)CC1.CCC(C)(C)OC(=O)N1CCCCC1.CCC(C)(C)OC(=O)n1c(-c2ccccc2)nc2ccccc21.COCCOCCOCCOCCN1CCOCC1.COCOCC[N+]([O-])(CCOCOC)CCOCOC.c1ccc(C2=Nc3ccccc3C2)cc1. The van der Waals surface area contributed by atoms with Gasteiger partial charge in [0.05, 0.1) is 108 Å². The molecule has 5 heterocycles. The quantitative estimate of drug-likeness (QED) is 0.0130. The van der Waals surface area contributed by atoms with Crippen LogP contribution in [0.4, 0.5) is 20.1 Å². The third-order valence-corrected chi connectivity index (χ3v) is 17.8. The summed E-state index contributed by atoms with van der Waals surface area (Å²) in [6.07, 6.45) is 7.07. The second kappa shape index (κ2) is 52.5. The molecule has 9 rings (SSSR count). The van der Waals surface area contributed by atoms with Crippen LogP contribution in [0.5, 0.6) is 0 Å². The van der Waals surface area contributed by atoms with E-state index in [-0.39, 0.29) is 44.3 Å². The fourth-order valence-electron chi connectivity index (χ4n) is 10.3. The molecule has 2 amide bonds. The molecule has 0 bridgehead atoms. The molecule has 3 saturated heterocycles. The predicted molar refractivity (Wildman–Crippen MR) is 411 cm³/mol. The normalized spacial score (nSPS) is 14.8. The van der Waals surface area contributed by atoms with Crippen LogP contribution in [0.3, 0.4) is 0 Å². The van der Waals surface area contributed by atoms with Crippen molar-refractivity contribution in [2.45, 2.75) is 143 Å². The minimum absolute atomic E-state index is 0.142. The van der Waals surface area contributed by atoms with Crippen LogP contribution in [0.25, 0.3) is 22.4 Å². The number of carbonyl (C=O) groups excluding carboxylic acids is 3. The molecule has 1 aromatic heterocycles. The number of benzene rings is 4. The van der Waals surface area contributed by atoms with E-state index in [0.717, 1.165) is 113 Å². The van der Waals surface area contributed by atoms with Gasteiger partial charge in [-0.25, -0.2) is 23.9 Å². The van der Waals surface area contributed by atoms with Crippen molar-refractivity contribution in [2.24, 2.45) is 4.99 Å². The highest BCUT2D eigenvalue weighted by molar-refractivity contribution is 6.06. The van der Waals surface area contributed by atoms with Crippen molar-refractivity contribution in [1.29, 1.82) is 0 Å². The number of nitrogens with zero attached hydrogens (tertiary/aromatic N) is 7. The maximum atomic E-state index is 12.8. The van der Waals surface area contributed by atoms with Crippen LogP contribution in [0, 0.1) is 5.21 Å². The number of aliphatic hydroxyl groups is 1. The molecular formula is C80H127N7O19. The Morgan fingerprint density at radius 3 is 1.44 bits per heavy atom. The summed E-state index contributed by atoms with van der Waals surface area (Å²) in [5.74, 6) is 0.601. The van der Waals surface area contributed by atoms with Crippen molar-refractivity contribution in [3.63, 3.8) is 0 Å². The number of hydroxylamine groups is 3. The van der Waals surface area contributed by atoms with E-state index in [1.165, 1.54) is 44.6 Å². The first-order chi connectivity index (χ1) is 51.1. The first-order valence-electron chi connectivity index (χ1n) is 37.5. The molecule has 1 N–H and O–H groups in total. The molecule has 5 aromatic rings. The predicted octanol–water partition coefficient (Wildman–Crippen LogP) is 13.0. The standard InChI is InChI=1S/C19H20N2O2.C14H11N.C13H27NO5.C12H27NO7.C11H21NO3.C11H21NO2/c1-4-19(2,3)23-18(22)21-16-13-9-8-12-15(16)20-17(21)14-10-6-5-7-11-14;1-2-6-11(7-3-1)14-10-12-8-4-5-9-13(12)15-14;1-15-8-9-18-12-13-19-11-10-17-7-4-14-2-5-16-6-3-14;1-15-10-18-7-4-13(14,5-8-19-11-16-2)6-9-20-12-17-3;1-4-11(2,3)15-10(14)12-7-5-9(13)6-8-12;1-4-11(2,3)14-10(13)12-8-6-5-7-9-12/h5-13H,4H2,1-3H3;1-9H,10H2;2-13H2,1H3;4-12H2,1-3H3;9,13H,4-8H2,1-3H3;4-9H2,1-3H3. The summed E-state index contributed by atoms with van der Waals surface area (Å²) in [7, 11) is 6.28. The third kappa shape index (κ3) is 37.5. The van der Waals surface area contributed by atoms with Crippen molar-refractivity contribution >= 4 is 40.7 Å². The average molecular weight is 1490 g/mol. The number of para-hydroxylation sites is 3. The Hall–Kier alpha value is -6.57. The van der Waals surface area contributed by atoms with E-state index in [1.54, 1.807) is 16.6 Å². The molecule has 4 aliphatic rings. The largest absolute Gasteiger partial charge is 0.633 e. The highest BCUT2D eigenvalue weighted by atomic mass is 16.7. The molecule has 0 atom stereocenters. The molecular weight excluding hydrogens is 1360 g/mol. The van der Waals surface area contributed by atoms with Gasteiger partial charge in [-0.2, -0.15) is 0 Å². The zero-order chi connectivity index (χ0) is 77.3. The molecule has 596 valence electrons. The topological polar surface area (TPSA) is 264 Å². The first-order valence-corrected chi connectivity index (χ1v) is 37.5. The number of likely N-dealkylation sites (tertiary alicyclic amines) is 2. The Morgan fingerprint density at radius 1 is 0.509 bits per heavy atom. The molecule has 0 radical (unpaired) electrons. The van der Waals surface area contributed by atoms with Gasteiger partial charge >= 0.3 is 18.3 Å². The van der Waals surface area contributed by atoms with E-state index in [0.29, 0.717) is 111 Å². The highest BCUT2D eigenvalue weighted by Gasteiger charge is 2.30. The molecule has 4 aliphatic heterocycles. The van der Waals surface area contributed by atoms with Crippen LogP contribution in [0.1, 0.15) is 125 Å². The number of methoxy groups -OCH3 is 4. The van der Waals surface area contributed by atoms with Crippen LogP contribution in [-0.4, -0.2) is 274 Å². The van der Waals surface area contributed by atoms with Gasteiger partial charge in [-0.05, 0) is 122 Å². The fraction of sp³-hybridized carbons (Fsp3) is 0.637. The van der Waals surface area contributed by atoms with Crippen LogP contribution in [0.2, 0.25) is 0 Å². The smallest absolute Gasteiger partial charge is 0.420 e. The minimum atomic E-state index is -0.517. The van der Waals surface area contributed by atoms with Gasteiger partial charge in [0.1, 0.15) is 56.8 Å². The Labute approximate surface area is 631 Å². The lowest BCUT2D eigenvalue weighted by atomic mass is 10.0. The number of piperidine rings is 2. The zero-order valence-electron chi connectivity index (χ0n) is 65.9. The molecule has 4 aromatic carbocycles. The number of hydrogen-bond donors (Lipinski definition) is 1. The number of aromatic nitrogens is 2. The number of quaternary nitrogens is 1. The number of aliphatic imine (C=N–C) groups is 1. The maximum Gasteiger partial charge on any atom is 0.420 e. The molecule has 3 fully saturated rings. The molecule has 26 nitrogen and oxygen atoms in total. The van der Waals surface area contributed by atoms with E-state index in [4.69, 9.17) is 66.3 Å². The lowest BCUT2D eigenvalue weighted by Crippen LogP contribution is -2.49. The summed E-state index contributed by atoms with van der Waals surface area (Å²) in [6.45, 7) is 32.1. The summed E-state index contributed by atoms with van der Waals surface area (Å²) in [5.41, 5.74) is 6.03. The molecule has 0 unspecified atom stereocenters. The number of ether oxygens (including phenoxy) is 14. The monoisotopic (exact) mass is 1490 g/mol. The van der Waals surface area contributed by atoms with Gasteiger partial charge in [-0.1, -0.05) is 112 Å². The van der Waals surface area contributed by atoms with Crippen molar-refractivity contribution < 1.29 is 90.5 Å². The lowest BCUT2D eigenvalue weighted by Gasteiger charge is -2.42. The summed E-state index contributed by atoms with van der Waals surface area (Å²) in [6, 6.07) is 36.0. The Morgan fingerprint density at radius 2 is 0.953 bits per heavy atom. The van der Waals surface area contributed by atoms with Gasteiger partial charge in [-0.3, -0.25) is 9.89 Å². The summed E-state index contributed by atoms with van der Waals surface area (Å²) in [4.78, 5) is 51.3. The minimum Gasteiger partial charge on any atom is -0.633 e. The van der Waals surface area contributed by atoms with E-state index < -0.39 is 21.9 Å². The van der Waals surface area contributed by atoms with Crippen LogP contribution < -0.4 is 0 Å². The summed E-state index contributed by atoms with van der Waals surface area (Å²) in [5, 5.41) is 21.9. The van der Waals surface area contributed by atoms with Gasteiger partial charge < -0.3 is 91.1 Å². The Bertz CT molecular complexity index is 3130. The number of morpholine rings is 1. The summed E-state index contributed by atoms with van der Waals surface area (Å²) < 4.78 is 73.7. The van der Waals surface area contributed by atoms with Gasteiger partial charge in [0.2, 0.25) is 0 Å². The molecule has 0 saturated carbocycles. The first kappa shape index (κ1) is 91.8.